The summed E-state index contributed by atoms with van der Waals surface area (Å²) in [4.78, 5) is 8.94. The summed E-state index contributed by atoms with van der Waals surface area (Å²) in [7, 11) is -2.11. The molecule has 0 amide bonds. The fourth-order valence-corrected chi connectivity index (χ4v) is 3.62. The third-order valence-electron chi connectivity index (χ3n) is 4.50. The number of ether oxygens (including phenoxy) is 1. The summed E-state index contributed by atoms with van der Waals surface area (Å²) in [6, 6.07) is 14.2. The second-order valence-corrected chi connectivity index (χ2v) is 7.95. The lowest BCUT2D eigenvalue weighted by atomic mass is 10.1. The van der Waals surface area contributed by atoms with Crippen LogP contribution in [0.4, 0.5) is 5.82 Å². The zero-order valence-electron chi connectivity index (χ0n) is 15.6. The van der Waals surface area contributed by atoms with Crippen molar-refractivity contribution in [2.45, 2.75) is 11.4 Å². The van der Waals surface area contributed by atoms with Gasteiger partial charge in [0.15, 0.2) is 11.5 Å². The van der Waals surface area contributed by atoms with Crippen molar-refractivity contribution in [1.29, 1.82) is 0 Å². The van der Waals surface area contributed by atoms with E-state index in [1.807, 2.05) is 40.9 Å². The van der Waals surface area contributed by atoms with Crippen molar-refractivity contribution in [2.75, 3.05) is 12.4 Å². The third-order valence-corrected chi connectivity index (χ3v) is 5.41. The fraction of sp³-hybridized carbons (Fsp3) is 0.100. The van der Waals surface area contributed by atoms with Gasteiger partial charge < -0.3 is 10.1 Å². The van der Waals surface area contributed by atoms with Crippen LogP contribution < -0.4 is 15.2 Å². The monoisotopic (exact) mass is 409 g/mol. The van der Waals surface area contributed by atoms with Gasteiger partial charge in [0.1, 0.15) is 5.75 Å². The summed E-state index contributed by atoms with van der Waals surface area (Å²) in [5, 5.41) is 8.42. The maximum absolute atomic E-state index is 11.5. The van der Waals surface area contributed by atoms with Crippen LogP contribution in [0.5, 0.6) is 5.75 Å². The van der Waals surface area contributed by atoms with Crippen molar-refractivity contribution < 1.29 is 13.2 Å². The van der Waals surface area contributed by atoms with Gasteiger partial charge in [-0.2, -0.15) is 0 Å². The number of fused-ring (bicyclic) bond motifs is 1. The molecule has 0 spiro atoms. The Hall–Kier alpha value is -3.43. The molecular weight excluding hydrogens is 390 g/mol. The molecule has 2 aromatic carbocycles. The summed E-state index contributed by atoms with van der Waals surface area (Å²) in [5.41, 5.74) is 3.35. The van der Waals surface area contributed by atoms with E-state index in [0.717, 1.165) is 22.6 Å². The second-order valence-electron chi connectivity index (χ2n) is 6.39. The van der Waals surface area contributed by atoms with Crippen LogP contribution in [0.3, 0.4) is 0 Å². The first-order valence-electron chi connectivity index (χ1n) is 8.78. The van der Waals surface area contributed by atoms with E-state index in [9.17, 15) is 8.42 Å². The Morgan fingerprint density at radius 3 is 2.66 bits per heavy atom. The number of methoxy groups -OCH3 is 1. The number of sulfonamides is 1. The quantitative estimate of drug-likeness (QED) is 0.506. The molecule has 9 heteroatoms. The Bertz CT molecular complexity index is 1270. The van der Waals surface area contributed by atoms with Crippen molar-refractivity contribution in [3.63, 3.8) is 0 Å². The summed E-state index contributed by atoms with van der Waals surface area (Å²) < 4.78 is 30.2. The third kappa shape index (κ3) is 3.91. The number of nitrogens with two attached hydrogens (primary N) is 1. The number of hydrogen-bond donors (Lipinski definition) is 2. The Balaban J connectivity index is 1.61. The highest BCUT2D eigenvalue weighted by atomic mass is 32.2. The van der Waals surface area contributed by atoms with Gasteiger partial charge in [0, 0.05) is 24.5 Å². The van der Waals surface area contributed by atoms with Crippen LogP contribution in [-0.2, 0) is 16.6 Å². The van der Waals surface area contributed by atoms with Gasteiger partial charge in [-0.3, -0.25) is 4.40 Å². The highest BCUT2D eigenvalue weighted by Crippen LogP contribution is 2.25. The van der Waals surface area contributed by atoms with Gasteiger partial charge in [-0.25, -0.2) is 23.5 Å². The number of aromatic nitrogens is 3. The number of hydrogen-bond acceptors (Lipinski definition) is 6. The largest absolute Gasteiger partial charge is 0.497 e. The van der Waals surface area contributed by atoms with Crippen LogP contribution in [-0.4, -0.2) is 29.9 Å². The Kier molecular flexibility index (Phi) is 4.91. The van der Waals surface area contributed by atoms with Crippen molar-refractivity contribution >= 4 is 21.5 Å². The molecule has 0 fully saturated rings. The van der Waals surface area contributed by atoms with Gasteiger partial charge in [0.05, 0.1) is 23.9 Å². The molecule has 2 heterocycles. The number of primary sulfonamides is 1. The van der Waals surface area contributed by atoms with E-state index >= 15 is 0 Å². The average molecular weight is 409 g/mol. The van der Waals surface area contributed by atoms with Crippen molar-refractivity contribution in [3.05, 3.63) is 72.7 Å². The van der Waals surface area contributed by atoms with Crippen molar-refractivity contribution in [2.24, 2.45) is 5.14 Å². The molecule has 29 heavy (non-hydrogen) atoms. The van der Waals surface area contributed by atoms with Crippen LogP contribution >= 0.6 is 0 Å². The van der Waals surface area contributed by atoms with E-state index in [1.54, 1.807) is 25.6 Å². The summed E-state index contributed by atoms with van der Waals surface area (Å²) in [5.74, 6) is 1.38. The molecule has 0 aliphatic rings. The molecule has 0 radical (unpaired) electrons. The summed E-state index contributed by atoms with van der Waals surface area (Å²) >= 11 is 0. The van der Waals surface area contributed by atoms with Crippen LogP contribution in [0, 0.1) is 0 Å². The minimum absolute atomic E-state index is 0.0746. The number of anilines is 1. The molecule has 0 saturated carbocycles. The number of benzene rings is 2. The molecule has 0 saturated heterocycles. The zero-order chi connectivity index (χ0) is 20.4. The molecule has 0 bridgehead atoms. The normalized spacial score (nSPS) is 11.5. The van der Waals surface area contributed by atoms with Crippen molar-refractivity contribution in [3.8, 4) is 17.0 Å². The molecule has 8 nitrogen and oxygen atoms in total. The highest BCUT2D eigenvalue weighted by molar-refractivity contribution is 7.89. The van der Waals surface area contributed by atoms with E-state index in [1.165, 1.54) is 12.1 Å². The standard InChI is InChI=1S/C20H19N5O3S/c1-28-16-7-5-15(6-8-16)18-13-24-20-19(22-9-10-25(18)20)23-12-14-3-2-4-17(11-14)29(21,26)27/h2-11,13H,12H2,1H3,(H,22,23)(H2,21,26,27). The van der Waals surface area contributed by atoms with Crippen LogP contribution in [0.25, 0.3) is 16.9 Å². The topological polar surface area (TPSA) is 112 Å². The SMILES string of the molecule is COc1ccc(-c2cnc3c(NCc4cccc(S(N)(=O)=O)c4)nccn23)cc1. The van der Waals surface area contributed by atoms with E-state index in [-0.39, 0.29) is 4.90 Å². The predicted molar refractivity (Wildman–Crippen MR) is 110 cm³/mol. The van der Waals surface area contributed by atoms with Gasteiger partial charge in [-0.05, 0) is 42.0 Å². The first kappa shape index (κ1) is 18.9. The molecule has 0 atom stereocenters. The molecular formula is C20H19N5O3S. The maximum Gasteiger partial charge on any atom is 0.238 e. The minimum Gasteiger partial charge on any atom is -0.497 e. The lowest BCUT2D eigenvalue weighted by Gasteiger charge is -2.09. The molecule has 2 aromatic heterocycles. The van der Waals surface area contributed by atoms with E-state index in [0.29, 0.717) is 18.0 Å². The summed E-state index contributed by atoms with van der Waals surface area (Å²) in [6.45, 7) is 0.376. The number of nitrogens with one attached hydrogen (secondary N) is 1. The second kappa shape index (κ2) is 7.53. The van der Waals surface area contributed by atoms with Gasteiger partial charge >= 0.3 is 0 Å². The highest BCUT2D eigenvalue weighted by Gasteiger charge is 2.11. The Morgan fingerprint density at radius 1 is 1.14 bits per heavy atom. The average Bonchev–Trinajstić information content (AvgIpc) is 3.17. The van der Waals surface area contributed by atoms with Crippen LogP contribution in [0.2, 0.25) is 0 Å². The Morgan fingerprint density at radius 2 is 1.93 bits per heavy atom. The van der Waals surface area contributed by atoms with Gasteiger partial charge in [0.2, 0.25) is 10.0 Å². The lowest BCUT2D eigenvalue weighted by molar-refractivity contribution is 0.415. The fourth-order valence-electron chi connectivity index (χ4n) is 3.04. The lowest BCUT2D eigenvalue weighted by Crippen LogP contribution is -2.12. The molecule has 3 N–H and O–H groups in total. The zero-order valence-corrected chi connectivity index (χ0v) is 16.4. The first-order valence-corrected chi connectivity index (χ1v) is 10.3. The molecule has 148 valence electrons. The molecule has 0 unspecified atom stereocenters. The molecule has 4 aromatic rings. The number of rotatable bonds is 6. The first-order chi connectivity index (χ1) is 14.0. The smallest absolute Gasteiger partial charge is 0.238 e. The summed E-state index contributed by atoms with van der Waals surface area (Å²) in [6.07, 6.45) is 5.31. The van der Waals surface area contributed by atoms with Crippen LogP contribution in [0.15, 0.2) is 72.0 Å². The van der Waals surface area contributed by atoms with Gasteiger partial charge in [-0.1, -0.05) is 12.1 Å². The number of nitrogens with zero attached hydrogens (tertiary/aromatic N) is 3. The van der Waals surface area contributed by atoms with E-state index < -0.39 is 10.0 Å². The van der Waals surface area contributed by atoms with Crippen LogP contribution in [0.1, 0.15) is 5.56 Å². The molecule has 4 rings (SSSR count). The van der Waals surface area contributed by atoms with Crippen molar-refractivity contribution in [1.82, 2.24) is 14.4 Å². The minimum atomic E-state index is -3.74. The van der Waals surface area contributed by atoms with E-state index in [4.69, 9.17) is 9.88 Å². The molecule has 0 aliphatic carbocycles. The predicted octanol–water partition coefficient (Wildman–Crippen LogP) is 2.66. The maximum atomic E-state index is 11.5. The number of imidazole rings is 1. The van der Waals surface area contributed by atoms with Gasteiger partial charge in [-0.15, -0.1) is 0 Å². The Labute approximate surface area is 168 Å². The van der Waals surface area contributed by atoms with E-state index in [2.05, 4.69) is 15.3 Å². The van der Waals surface area contributed by atoms with Gasteiger partial charge in [0.25, 0.3) is 0 Å². The molecule has 0 aliphatic heterocycles.